The fourth-order valence-corrected chi connectivity index (χ4v) is 3.32. The molecule has 2 aromatic rings. The Morgan fingerprint density at radius 2 is 1.95 bits per heavy atom. The van der Waals surface area contributed by atoms with E-state index in [1.807, 2.05) is 31.2 Å². The Bertz CT molecular complexity index is 579. The Labute approximate surface area is 147 Å². The van der Waals surface area contributed by atoms with Gasteiger partial charge in [-0.2, -0.15) is 0 Å². The molecule has 0 amide bonds. The van der Waals surface area contributed by atoms with Crippen LogP contribution >= 0.6 is 38.5 Å². The average Bonchev–Trinajstić information content (AvgIpc) is 2.46. The smallest absolute Gasteiger partial charge is 0.128 e. The van der Waals surface area contributed by atoms with Gasteiger partial charge >= 0.3 is 0 Å². The van der Waals surface area contributed by atoms with Crippen LogP contribution in [0.15, 0.2) is 40.9 Å². The van der Waals surface area contributed by atoms with Crippen LogP contribution in [0.3, 0.4) is 0 Å². The SMILES string of the molecule is CCCNC(c1cc(C)ccc1F)c1cc(Br)ccc1I. The lowest BCUT2D eigenvalue weighted by atomic mass is 9.96. The normalized spacial score (nSPS) is 12.4. The predicted octanol–water partition coefficient (Wildman–Crippen LogP) is 5.59. The summed E-state index contributed by atoms with van der Waals surface area (Å²) in [6.07, 6.45) is 1.01. The molecule has 112 valence electrons. The first-order valence-corrected chi connectivity index (χ1v) is 8.84. The number of nitrogens with one attached hydrogen (secondary N) is 1. The molecule has 0 aliphatic rings. The maximum atomic E-state index is 14.3. The van der Waals surface area contributed by atoms with E-state index in [9.17, 15) is 4.39 Å². The van der Waals surface area contributed by atoms with E-state index >= 15 is 0 Å². The molecule has 1 nitrogen and oxygen atoms in total. The van der Waals surface area contributed by atoms with Crippen molar-refractivity contribution < 1.29 is 4.39 Å². The molecule has 1 N–H and O–H groups in total. The lowest BCUT2D eigenvalue weighted by Gasteiger charge is -2.22. The monoisotopic (exact) mass is 461 g/mol. The highest BCUT2D eigenvalue weighted by Crippen LogP contribution is 2.30. The van der Waals surface area contributed by atoms with Crippen molar-refractivity contribution >= 4 is 38.5 Å². The van der Waals surface area contributed by atoms with Gasteiger partial charge in [-0.3, -0.25) is 0 Å². The van der Waals surface area contributed by atoms with Crippen molar-refractivity contribution in [3.63, 3.8) is 0 Å². The molecule has 1 unspecified atom stereocenters. The van der Waals surface area contributed by atoms with Gasteiger partial charge in [-0.1, -0.05) is 40.5 Å². The zero-order chi connectivity index (χ0) is 15.4. The van der Waals surface area contributed by atoms with Crippen LogP contribution in [-0.4, -0.2) is 6.54 Å². The van der Waals surface area contributed by atoms with Crippen LogP contribution in [-0.2, 0) is 0 Å². The molecule has 0 aromatic heterocycles. The maximum absolute atomic E-state index is 14.3. The first kappa shape index (κ1) is 16.9. The highest BCUT2D eigenvalue weighted by Gasteiger charge is 2.20. The molecule has 0 aliphatic carbocycles. The summed E-state index contributed by atoms with van der Waals surface area (Å²) in [6.45, 7) is 4.95. The lowest BCUT2D eigenvalue weighted by molar-refractivity contribution is 0.545. The standard InChI is InChI=1S/C17H18BrFIN/c1-3-8-21-17(13-9-11(2)4-6-15(13)19)14-10-12(18)5-7-16(14)20/h4-7,9-10,17,21H,3,8H2,1-2H3. The van der Waals surface area contributed by atoms with Crippen molar-refractivity contribution in [2.45, 2.75) is 26.3 Å². The highest BCUT2D eigenvalue weighted by atomic mass is 127. The summed E-state index contributed by atoms with van der Waals surface area (Å²) < 4.78 is 16.4. The van der Waals surface area contributed by atoms with Crippen LogP contribution < -0.4 is 5.32 Å². The van der Waals surface area contributed by atoms with E-state index in [2.05, 4.69) is 56.8 Å². The van der Waals surface area contributed by atoms with Gasteiger partial charge in [0.2, 0.25) is 0 Å². The zero-order valence-electron chi connectivity index (χ0n) is 12.1. The van der Waals surface area contributed by atoms with Crippen molar-refractivity contribution in [1.82, 2.24) is 5.32 Å². The summed E-state index contributed by atoms with van der Waals surface area (Å²) in [7, 11) is 0. The van der Waals surface area contributed by atoms with Gasteiger partial charge in [-0.15, -0.1) is 0 Å². The van der Waals surface area contributed by atoms with Crippen LogP contribution in [0.5, 0.6) is 0 Å². The Balaban J connectivity index is 2.52. The molecule has 2 rings (SSSR count). The van der Waals surface area contributed by atoms with Crippen LogP contribution in [0.25, 0.3) is 0 Å². The van der Waals surface area contributed by atoms with Gasteiger partial charge in [-0.05, 0) is 72.3 Å². The molecule has 0 aliphatic heterocycles. The summed E-state index contributed by atoms with van der Waals surface area (Å²) in [6, 6.07) is 11.3. The first-order chi connectivity index (χ1) is 10.0. The number of hydrogen-bond acceptors (Lipinski definition) is 1. The van der Waals surface area contributed by atoms with Crippen molar-refractivity contribution in [3.8, 4) is 0 Å². The molecule has 1 atom stereocenters. The second-order valence-corrected chi connectivity index (χ2v) is 7.16. The average molecular weight is 462 g/mol. The lowest BCUT2D eigenvalue weighted by Crippen LogP contribution is -2.25. The third-order valence-corrected chi connectivity index (χ3v) is 4.81. The number of aryl methyl sites for hydroxylation is 1. The Hall–Kier alpha value is -0.460. The molecule has 0 spiro atoms. The molecule has 0 heterocycles. The van der Waals surface area contributed by atoms with E-state index in [4.69, 9.17) is 0 Å². The number of halogens is 3. The minimum atomic E-state index is -0.162. The highest BCUT2D eigenvalue weighted by molar-refractivity contribution is 14.1. The van der Waals surface area contributed by atoms with E-state index in [0.717, 1.165) is 32.1 Å². The quantitative estimate of drug-likeness (QED) is 0.572. The van der Waals surface area contributed by atoms with Gasteiger partial charge in [0.1, 0.15) is 5.82 Å². The van der Waals surface area contributed by atoms with E-state index in [0.29, 0.717) is 5.56 Å². The summed E-state index contributed by atoms with van der Waals surface area (Å²) in [4.78, 5) is 0. The summed E-state index contributed by atoms with van der Waals surface area (Å²) in [5, 5.41) is 3.47. The summed E-state index contributed by atoms with van der Waals surface area (Å²) >= 11 is 5.82. The molecule has 0 bridgehead atoms. The summed E-state index contributed by atoms with van der Waals surface area (Å²) in [5.41, 5.74) is 2.88. The van der Waals surface area contributed by atoms with Gasteiger partial charge in [0.05, 0.1) is 6.04 Å². The maximum Gasteiger partial charge on any atom is 0.128 e. The second-order valence-electron chi connectivity index (χ2n) is 5.08. The Morgan fingerprint density at radius 1 is 1.19 bits per heavy atom. The van der Waals surface area contributed by atoms with Crippen LogP contribution in [0.4, 0.5) is 4.39 Å². The molecule has 4 heteroatoms. The minimum absolute atomic E-state index is 0.130. The van der Waals surface area contributed by atoms with Gasteiger partial charge in [0, 0.05) is 13.6 Å². The van der Waals surface area contributed by atoms with E-state index in [-0.39, 0.29) is 11.9 Å². The van der Waals surface area contributed by atoms with Crippen LogP contribution in [0.1, 0.15) is 36.1 Å². The van der Waals surface area contributed by atoms with E-state index in [1.165, 1.54) is 0 Å². The molecule has 0 saturated carbocycles. The molecule has 0 saturated heterocycles. The van der Waals surface area contributed by atoms with Crippen molar-refractivity contribution in [3.05, 3.63) is 66.9 Å². The third kappa shape index (κ3) is 4.27. The topological polar surface area (TPSA) is 12.0 Å². The molecule has 21 heavy (non-hydrogen) atoms. The van der Waals surface area contributed by atoms with Gasteiger partial charge < -0.3 is 5.32 Å². The van der Waals surface area contributed by atoms with Crippen molar-refractivity contribution in [1.29, 1.82) is 0 Å². The molecule has 0 radical (unpaired) electrons. The fourth-order valence-electron chi connectivity index (χ4n) is 2.30. The minimum Gasteiger partial charge on any atom is -0.306 e. The Morgan fingerprint density at radius 3 is 2.67 bits per heavy atom. The van der Waals surface area contributed by atoms with E-state index in [1.54, 1.807) is 6.07 Å². The van der Waals surface area contributed by atoms with Crippen molar-refractivity contribution in [2.75, 3.05) is 6.54 Å². The zero-order valence-corrected chi connectivity index (χ0v) is 15.8. The fraction of sp³-hybridized carbons (Fsp3) is 0.294. The van der Waals surface area contributed by atoms with Crippen LogP contribution in [0.2, 0.25) is 0 Å². The molecular formula is C17H18BrFIN. The molecule has 2 aromatic carbocycles. The van der Waals surface area contributed by atoms with Gasteiger partial charge in [-0.25, -0.2) is 4.39 Å². The third-order valence-electron chi connectivity index (χ3n) is 3.33. The largest absolute Gasteiger partial charge is 0.306 e. The summed E-state index contributed by atoms with van der Waals surface area (Å²) in [5.74, 6) is -0.162. The molecular weight excluding hydrogens is 444 g/mol. The molecule has 0 fully saturated rings. The van der Waals surface area contributed by atoms with Gasteiger partial charge in [0.15, 0.2) is 0 Å². The van der Waals surface area contributed by atoms with E-state index < -0.39 is 0 Å². The van der Waals surface area contributed by atoms with Crippen LogP contribution in [0, 0.1) is 16.3 Å². The number of hydrogen-bond donors (Lipinski definition) is 1. The van der Waals surface area contributed by atoms with Gasteiger partial charge in [0.25, 0.3) is 0 Å². The predicted molar refractivity (Wildman–Crippen MR) is 98.1 cm³/mol. The Kier molecular flexibility index (Phi) is 6.20. The number of rotatable bonds is 5. The second kappa shape index (κ2) is 7.70. The first-order valence-electron chi connectivity index (χ1n) is 6.97. The van der Waals surface area contributed by atoms with Crippen molar-refractivity contribution in [2.24, 2.45) is 0 Å². The number of benzene rings is 2.